The van der Waals surface area contributed by atoms with Crippen LogP contribution in [-0.2, 0) is 4.74 Å². The number of nitrogens with zero attached hydrogens (tertiary/aromatic N) is 1. The van der Waals surface area contributed by atoms with Crippen molar-refractivity contribution in [3.8, 4) is 0 Å². The lowest BCUT2D eigenvalue weighted by Gasteiger charge is -2.39. The van der Waals surface area contributed by atoms with Gasteiger partial charge in [-0.25, -0.2) is 0 Å². The van der Waals surface area contributed by atoms with Crippen molar-refractivity contribution in [2.45, 2.75) is 40.7 Å². The molecule has 108 valence electrons. The number of nitrogens with one attached hydrogen (secondary N) is 1. The van der Waals surface area contributed by atoms with Crippen molar-refractivity contribution in [3.05, 3.63) is 0 Å². The van der Waals surface area contributed by atoms with E-state index in [1.54, 1.807) is 0 Å². The maximum absolute atomic E-state index is 5.70. The largest absolute Gasteiger partial charge is 0.380 e. The molecule has 0 amide bonds. The highest BCUT2D eigenvalue weighted by Crippen LogP contribution is 2.17. The van der Waals surface area contributed by atoms with E-state index in [0.717, 1.165) is 38.1 Å². The molecule has 0 aromatic carbocycles. The summed E-state index contributed by atoms with van der Waals surface area (Å²) in [5.74, 6) is 2.10. The second kappa shape index (κ2) is 8.13. The minimum atomic E-state index is 0.563. The van der Waals surface area contributed by atoms with Gasteiger partial charge >= 0.3 is 0 Å². The first-order valence-corrected chi connectivity index (χ1v) is 7.57. The Hall–Kier alpha value is -0.120. The molecule has 0 spiro atoms. The van der Waals surface area contributed by atoms with Gasteiger partial charge in [-0.1, -0.05) is 27.7 Å². The van der Waals surface area contributed by atoms with Crippen LogP contribution in [0.2, 0.25) is 0 Å². The molecule has 0 aromatic heterocycles. The molecule has 1 aliphatic heterocycles. The molecular weight excluding hydrogens is 224 g/mol. The third-order valence-corrected chi connectivity index (χ3v) is 3.81. The summed E-state index contributed by atoms with van der Waals surface area (Å²) in [6.07, 6.45) is 0. The SMILES string of the molecule is CCOCC(C(C)C)N1CC(C)CNCC(C)C1. The Morgan fingerprint density at radius 2 is 1.72 bits per heavy atom. The van der Waals surface area contributed by atoms with Crippen molar-refractivity contribution in [1.82, 2.24) is 10.2 Å². The first-order chi connectivity index (χ1) is 8.54. The summed E-state index contributed by atoms with van der Waals surface area (Å²) in [7, 11) is 0. The van der Waals surface area contributed by atoms with Crippen LogP contribution in [0.5, 0.6) is 0 Å². The van der Waals surface area contributed by atoms with Crippen molar-refractivity contribution in [1.29, 1.82) is 0 Å². The molecule has 1 N–H and O–H groups in total. The number of ether oxygens (including phenoxy) is 1. The van der Waals surface area contributed by atoms with E-state index in [2.05, 4.69) is 44.8 Å². The molecule has 1 fully saturated rings. The highest BCUT2D eigenvalue weighted by molar-refractivity contribution is 4.80. The maximum Gasteiger partial charge on any atom is 0.0624 e. The second-order valence-corrected chi connectivity index (χ2v) is 6.29. The van der Waals surface area contributed by atoms with E-state index in [-0.39, 0.29) is 0 Å². The van der Waals surface area contributed by atoms with Crippen molar-refractivity contribution in [2.24, 2.45) is 17.8 Å². The molecule has 3 nitrogen and oxygen atoms in total. The Morgan fingerprint density at radius 1 is 1.17 bits per heavy atom. The minimum Gasteiger partial charge on any atom is -0.380 e. The zero-order valence-corrected chi connectivity index (χ0v) is 12.9. The van der Waals surface area contributed by atoms with Crippen LogP contribution in [0, 0.1) is 17.8 Å². The summed E-state index contributed by atoms with van der Waals surface area (Å²) in [4.78, 5) is 2.66. The van der Waals surface area contributed by atoms with Crippen LogP contribution in [0.15, 0.2) is 0 Å². The van der Waals surface area contributed by atoms with Crippen LogP contribution in [-0.4, -0.2) is 50.3 Å². The van der Waals surface area contributed by atoms with E-state index in [1.807, 2.05) is 0 Å². The fourth-order valence-corrected chi connectivity index (χ4v) is 2.81. The number of rotatable bonds is 5. The van der Waals surface area contributed by atoms with Crippen LogP contribution in [0.3, 0.4) is 0 Å². The predicted octanol–water partition coefficient (Wildman–Crippen LogP) is 2.22. The lowest BCUT2D eigenvalue weighted by Crippen LogP contribution is -2.50. The zero-order valence-electron chi connectivity index (χ0n) is 12.9. The van der Waals surface area contributed by atoms with Gasteiger partial charge in [0.25, 0.3) is 0 Å². The second-order valence-electron chi connectivity index (χ2n) is 6.29. The molecule has 0 saturated carbocycles. The van der Waals surface area contributed by atoms with E-state index >= 15 is 0 Å². The van der Waals surface area contributed by atoms with E-state index in [1.165, 1.54) is 13.1 Å². The molecule has 1 saturated heterocycles. The minimum absolute atomic E-state index is 0.563. The summed E-state index contributed by atoms with van der Waals surface area (Å²) in [6.45, 7) is 17.8. The Labute approximate surface area is 113 Å². The highest BCUT2D eigenvalue weighted by Gasteiger charge is 2.26. The standard InChI is InChI=1S/C15H32N2O/c1-6-18-11-15(12(2)3)17-9-13(4)7-16-8-14(5)10-17/h12-16H,6-11H2,1-5H3. The monoisotopic (exact) mass is 256 g/mol. The quantitative estimate of drug-likeness (QED) is 0.816. The van der Waals surface area contributed by atoms with Crippen molar-refractivity contribution in [3.63, 3.8) is 0 Å². The average molecular weight is 256 g/mol. The lowest BCUT2D eigenvalue weighted by molar-refractivity contribution is 0.0265. The number of hydrogen-bond acceptors (Lipinski definition) is 3. The van der Waals surface area contributed by atoms with E-state index in [4.69, 9.17) is 4.74 Å². The van der Waals surface area contributed by atoms with Crippen molar-refractivity contribution >= 4 is 0 Å². The normalized spacial score (nSPS) is 29.0. The van der Waals surface area contributed by atoms with Gasteiger partial charge in [-0.15, -0.1) is 0 Å². The molecule has 0 radical (unpaired) electrons. The zero-order chi connectivity index (χ0) is 13.5. The van der Waals surface area contributed by atoms with Gasteiger partial charge in [0.15, 0.2) is 0 Å². The molecule has 3 unspecified atom stereocenters. The smallest absolute Gasteiger partial charge is 0.0624 e. The van der Waals surface area contributed by atoms with Gasteiger partial charge in [-0.3, -0.25) is 4.90 Å². The Morgan fingerprint density at radius 3 is 2.17 bits per heavy atom. The molecular formula is C15H32N2O. The summed E-state index contributed by atoms with van der Waals surface area (Å²) in [5.41, 5.74) is 0. The van der Waals surface area contributed by atoms with Gasteiger partial charge in [0.1, 0.15) is 0 Å². The average Bonchev–Trinajstić information content (AvgIpc) is 2.26. The van der Waals surface area contributed by atoms with Gasteiger partial charge in [-0.2, -0.15) is 0 Å². The van der Waals surface area contributed by atoms with Gasteiger partial charge in [0.2, 0.25) is 0 Å². The van der Waals surface area contributed by atoms with Crippen molar-refractivity contribution < 1.29 is 4.74 Å². The fourth-order valence-electron chi connectivity index (χ4n) is 2.81. The topological polar surface area (TPSA) is 24.5 Å². The fraction of sp³-hybridized carbons (Fsp3) is 1.00. The molecule has 1 rings (SSSR count). The van der Waals surface area contributed by atoms with Crippen molar-refractivity contribution in [2.75, 3.05) is 39.4 Å². The molecule has 1 aliphatic rings. The summed E-state index contributed by atoms with van der Waals surface area (Å²) < 4.78 is 5.70. The van der Waals surface area contributed by atoms with Gasteiger partial charge < -0.3 is 10.1 Å². The molecule has 18 heavy (non-hydrogen) atoms. The van der Waals surface area contributed by atoms with E-state index < -0.39 is 0 Å². The Balaban J connectivity index is 2.64. The third kappa shape index (κ3) is 5.25. The van der Waals surface area contributed by atoms with E-state index in [0.29, 0.717) is 12.0 Å². The van der Waals surface area contributed by atoms with E-state index in [9.17, 15) is 0 Å². The Bertz CT molecular complexity index is 209. The summed E-state index contributed by atoms with van der Waals surface area (Å²) in [5, 5.41) is 3.56. The first-order valence-electron chi connectivity index (χ1n) is 7.57. The molecule has 0 aromatic rings. The lowest BCUT2D eigenvalue weighted by atomic mass is 9.98. The molecule has 0 aliphatic carbocycles. The van der Waals surface area contributed by atoms with Gasteiger partial charge in [-0.05, 0) is 37.8 Å². The van der Waals surface area contributed by atoms with Crippen LogP contribution in [0.1, 0.15) is 34.6 Å². The molecule has 3 atom stereocenters. The molecule has 1 heterocycles. The van der Waals surface area contributed by atoms with Gasteiger partial charge in [0, 0.05) is 25.7 Å². The van der Waals surface area contributed by atoms with Crippen LogP contribution >= 0.6 is 0 Å². The first kappa shape index (κ1) is 15.9. The van der Waals surface area contributed by atoms with Crippen LogP contribution in [0.25, 0.3) is 0 Å². The molecule has 0 bridgehead atoms. The van der Waals surface area contributed by atoms with Crippen LogP contribution < -0.4 is 5.32 Å². The summed E-state index contributed by atoms with van der Waals surface area (Å²) in [6, 6.07) is 0.563. The summed E-state index contributed by atoms with van der Waals surface area (Å²) >= 11 is 0. The highest BCUT2D eigenvalue weighted by atomic mass is 16.5. The third-order valence-electron chi connectivity index (χ3n) is 3.81. The maximum atomic E-state index is 5.70. The Kier molecular flexibility index (Phi) is 7.20. The predicted molar refractivity (Wildman–Crippen MR) is 77.9 cm³/mol. The van der Waals surface area contributed by atoms with Crippen LogP contribution in [0.4, 0.5) is 0 Å². The van der Waals surface area contributed by atoms with Gasteiger partial charge in [0.05, 0.1) is 6.61 Å². The molecule has 3 heteroatoms. The number of hydrogen-bond donors (Lipinski definition) is 1.